The van der Waals surface area contributed by atoms with Crippen LogP contribution in [0.1, 0.15) is 12.3 Å². The van der Waals surface area contributed by atoms with Crippen LogP contribution in [-0.4, -0.2) is 21.5 Å². The van der Waals surface area contributed by atoms with Gasteiger partial charge in [0, 0.05) is 17.9 Å². The van der Waals surface area contributed by atoms with Crippen LogP contribution in [0.3, 0.4) is 0 Å². The summed E-state index contributed by atoms with van der Waals surface area (Å²) in [4.78, 5) is 17.4. The normalized spacial score (nSPS) is 10.8. The van der Waals surface area contributed by atoms with Gasteiger partial charge in [0.1, 0.15) is 6.61 Å². The van der Waals surface area contributed by atoms with Crippen LogP contribution in [0.5, 0.6) is 0 Å². The monoisotopic (exact) mass is 271 g/mol. The molecule has 6 nitrogen and oxygen atoms in total. The zero-order valence-corrected chi connectivity index (χ0v) is 10.7. The quantitative estimate of drug-likeness (QED) is 0.657. The van der Waals surface area contributed by atoms with Crippen LogP contribution in [0.2, 0.25) is 0 Å². The number of hydrogen-bond acceptors (Lipinski definition) is 5. The molecule has 0 saturated heterocycles. The van der Waals surface area contributed by atoms with Gasteiger partial charge in [-0.15, -0.1) is 14.9 Å². The number of hydrogen-bond donors (Lipinski definition) is 0. The van der Waals surface area contributed by atoms with Crippen LogP contribution < -0.4 is 10.4 Å². The standard InChI is InChI=1S/C14H13N3O3/c18-14-8-7-11-4-1-2-5-12(11)17(14)20-9-3-6-13-16-15-10-19-13/h1-2,4-5,7-8,10H,3,6,9H2. The molecule has 0 fully saturated rings. The molecule has 0 aliphatic rings. The minimum atomic E-state index is -0.179. The van der Waals surface area contributed by atoms with Gasteiger partial charge in [-0.2, -0.15) is 0 Å². The van der Waals surface area contributed by atoms with Crippen LogP contribution in [0, 0.1) is 0 Å². The Morgan fingerprint density at radius 3 is 2.95 bits per heavy atom. The molecule has 0 bridgehead atoms. The summed E-state index contributed by atoms with van der Waals surface area (Å²) >= 11 is 0. The molecule has 0 saturated carbocycles. The van der Waals surface area contributed by atoms with Crippen molar-refractivity contribution >= 4 is 10.9 Å². The van der Waals surface area contributed by atoms with E-state index in [1.165, 1.54) is 17.2 Å². The number of fused-ring (bicyclic) bond motifs is 1. The van der Waals surface area contributed by atoms with Crippen molar-refractivity contribution in [3.8, 4) is 0 Å². The Hall–Kier alpha value is -2.63. The highest BCUT2D eigenvalue weighted by Crippen LogP contribution is 2.09. The summed E-state index contributed by atoms with van der Waals surface area (Å²) in [5, 5.41) is 8.35. The van der Waals surface area contributed by atoms with Crippen molar-refractivity contribution in [3.05, 3.63) is 59.0 Å². The number of aryl methyl sites for hydroxylation is 1. The van der Waals surface area contributed by atoms with E-state index in [1.54, 1.807) is 6.07 Å². The lowest BCUT2D eigenvalue weighted by Crippen LogP contribution is -2.27. The van der Waals surface area contributed by atoms with E-state index in [9.17, 15) is 4.79 Å². The summed E-state index contributed by atoms with van der Waals surface area (Å²) in [6.07, 6.45) is 2.61. The number of benzene rings is 1. The van der Waals surface area contributed by atoms with E-state index < -0.39 is 0 Å². The summed E-state index contributed by atoms with van der Waals surface area (Å²) < 4.78 is 6.36. The molecule has 2 aromatic heterocycles. The highest BCUT2D eigenvalue weighted by Gasteiger charge is 2.04. The molecule has 0 spiro atoms. The summed E-state index contributed by atoms with van der Waals surface area (Å²) in [5.41, 5.74) is 0.583. The Labute approximate surface area is 114 Å². The van der Waals surface area contributed by atoms with Crippen molar-refractivity contribution in [1.29, 1.82) is 0 Å². The fourth-order valence-corrected chi connectivity index (χ4v) is 1.98. The van der Waals surface area contributed by atoms with Gasteiger partial charge >= 0.3 is 0 Å². The number of nitrogens with zero attached hydrogens (tertiary/aromatic N) is 3. The second-order valence-electron chi connectivity index (χ2n) is 4.29. The predicted octanol–water partition coefficient (Wildman–Crippen LogP) is 1.45. The Morgan fingerprint density at radius 2 is 2.10 bits per heavy atom. The number of rotatable bonds is 5. The van der Waals surface area contributed by atoms with Crippen molar-refractivity contribution < 1.29 is 9.25 Å². The zero-order chi connectivity index (χ0) is 13.8. The molecule has 6 heteroatoms. The number of para-hydroxylation sites is 1. The van der Waals surface area contributed by atoms with Crippen LogP contribution in [0.25, 0.3) is 10.9 Å². The van der Waals surface area contributed by atoms with Gasteiger partial charge in [0.2, 0.25) is 12.3 Å². The van der Waals surface area contributed by atoms with E-state index in [2.05, 4.69) is 10.2 Å². The van der Waals surface area contributed by atoms with E-state index in [-0.39, 0.29) is 5.56 Å². The lowest BCUT2D eigenvalue weighted by molar-refractivity contribution is 0.109. The van der Waals surface area contributed by atoms with Gasteiger partial charge in [0.15, 0.2) is 0 Å². The van der Waals surface area contributed by atoms with Gasteiger partial charge in [0.05, 0.1) is 5.52 Å². The molecule has 1 aromatic carbocycles. The second-order valence-corrected chi connectivity index (χ2v) is 4.29. The topological polar surface area (TPSA) is 70.2 Å². The number of aromatic nitrogens is 3. The third-order valence-corrected chi connectivity index (χ3v) is 2.92. The Morgan fingerprint density at radius 1 is 1.20 bits per heavy atom. The first-order chi connectivity index (χ1) is 9.84. The van der Waals surface area contributed by atoms with Crippen LogP contribution >= 0.6 is 0 Å². The van der Waals surface area contributed by atoms with Crippen LogP contribution in [-0.2, 0) is 6.42 Å². The fraction of sp³-hybridized carbons (Fsp3) is 0.214. The Bertz CT molecular complexity index is 750. The lowest BCUT2D eigenvalue weighted by Gasteiger charge is -2.10. The van der Waals surface area contributed by atoms with Crippen molar-refractivity contribution in [2.24, 2.45) is 0 Å². The minimum Gasteiger partial charge on any atom is -0.428 e. The van der Waals surface area contributed by atoms with Crippen molar-refractivity contribution in [2.45, 2.75) is 12.8 Å². The maximum atomic E-state index is 11.9. The van der Waals surface area contributed by atoms with Gasteiger partial charge in [-0.25, -0.2) is 0 Å². The molecule has 0 aliphatic heterocycles. The molecule has 102 valence electrons. The fourth-order valence-electron chi connectivity index (χ4n) is 1.98. The molecular weight excluding hydrogens is 258 g/mol. The van der Waals surface area contributed by atoms with E-state index >= 15 is 0 Å². The van der Waals surface area contributed by atoms with Crippen molar-refractivity contribution in [2.75, 3.05) is 6.61 Å². The van der Waals surface area contributed by atoms with Crippen molar-refractivity contribution in [3.63, 3.8) is 0 Å². The molecule has 0 atom stereocenters. The lowest BCUT2D eigenvalue weighted by atomic mass is 10.2. The average Bonchev–Trinajstić information content (AvgIpc) is 2.98. The molecule has 3 rings (SSSR count). The Balaban J connectivity index is 1.71. The highest BCUT2D eigenvalue weighted by molar-refractivity contribution is 5.78. The highest BCUT2D eigenvalue weighted by atomic mass is 16.7. The van der Waals surface area contributed by atoms with Gasteiger partial charge in [0.25, 0.3) is 5.56 Å². The van der Waals surface area contributed by atoms with E-state index in [1.807, 2.05) is 24.3 Å². The second kappa shape index (κ2) is 5.56. The molecule has 20 heavy (non-hydrogen) atoms. The summed E-state index contributed by atoms with van der Waals surface area (Å²) in [6.45, 7) is 0.399. The third-order valence-electron chi connectivity index (χ3n) is 2.92. The third kappa shape index (κ3) is 2.54. The minimum absolute atomic E-state index is 0.179. The Kier molecular flexibility index (Phi) is 3.45. The predicted molar refractivity (Wildman–Crippen MR) is 72.3 cm³/mol. The van der Waals surface area contributed by atoms with Gasteiger partial charge in [-0.3, -0.25) is 4.79 Å². The van der Waals surface area contributed by atoms with E-state index in [4.69, 9.17) is 9.25 Å². The van der Waals surface area contributed by atoms with E-state index in [0.29, 0.717) is 25.3 Å². The molecule has 0 amide bonds. The summed E-state index contributed by atoms with van der Waals surface area (Å²) in [6, 6.07) is 10.9. The summed E-state index contributed by atoms with van der Waals surface area (Å²) in [5.74, 6) is 0.568. The largest absolute Gasteiger partial charge is 0.428 e. The van der Waals surface area contributed by atoms with Gasteiger partial charge in [-0.05, 0) is 18.6 Å². The molecular formula is C14H13N3O3. The summed E-state index contributed by atoms with van der Waals surface area (Å²) in [7, 11) is 0. The SMILES string of the molecule is O=c1ccc2ccccc2n1OCCCc1nnco1. The maximum absolute atomic E-state index is 11.9. The van der Waals surface area contributed by atoms with Gasteiger partial charge < -0.3 is 9.25 Å². The van der Waals surface area contributed by atoms with Crippen LogP contribution in [0.15, 0.2) is 52.0 Å². The smallest absolute Gasteiger partial charge is 0.283 e. The first kappa shape index (κ1) is 12.4. The zero-order valence-electron chi connectivity index (χ0n) is 10.7. The first-order valence-corrected chi connectivity index (χ1v) is 6.34. The van der Waals surface area contributed by atoms with E-state index in [0.717, 1.165) is 10.9 Å². The molecule has 2 heterocycles. The molecule has 0 radical (unpaired) electrons. The average molecular weight is 271 g/mol. The van der Waals surface area contributed by atoms with Crippen LogP contribution in [0.4, 0.5) is 0 Å². The molecule has 3 aromatic rings. The molecule has 0 unspecified atom stereocenters. The molecule has 0 N–H and O–H groups in total. The first-order valence-electron chi connectivity index (χ1n) is 6.34. The van der Waals surface area contributed by atoms with Gasteiger partial charge in [-0.1, -0.05) is 18.2 Å². The van der Waals surface area contributed by atoms with Crippen molar-refractivity contribution in [1.82, 2.24) is 14.9 Å². The number of pyridine rings is 1. The molecule has 0 aliphatic carbocycles. The maximum Gasteiger partial charge on any atom is 0.283 e.